The Hall–Kier alpha value is -0.640. The van der Waals surface area contributed by atoms with Crippen LogP contribution in [0.3, 0.4) is 0 Å². The monoisotopic (exact) mass is 292 g/mol. The van der Waals surface area contributed by atoms with Crippen LogP contribution >= 0.6 is 15.9 Å². The molecule has 0 aliphatic rings. The number of rotatable bonds is 6. The number of benzene rings is 1. The van der Waals surface area contributed by atoms with E-state index < -0.39 is 6.61 Å². The first kappa shape index (κ1) is 13.4. The molecule has 4 heteroatoms. The summed E-state index contributed by atoms with van der Waals surface area (Å²) in [6.07, 6.45) is 2.58. The Morgan fingerprint density at radius 3 is 2.69 bits per heavy atom. The van der Waals surface area contributed by atoms with Crippen molar-refractivity contribution in [3.05, 3.63) is 29.3 Å². The number of hydrogen-bond donors (Lipinski definition) is 0. The molecular formula is C12H15BrF2O. The first-order chi connectivity index (χ1) is 7.69. The fourth-order valence-corrected chi connectivity index (χ4v) is 1.99. The lowest BCUT2D eigenvalue weighted by Crippen LogP contribution is -2.06. The van der Waals surface area contributed by atoms with Gasteiger partial charge in [0.15, 0.2) is 0 Å². The van der Waals surface area contributed by atoms with Crippen molar-refractivity contribution >= 4 is 15.9 Å². The van der Waals surface area contributed by atoms with E-state index in [1.54, 1.807) is 12.1 Å². The number of alkyl halides is 3. The van der Waals surface area contributed by atoms with Crippen LogP contribution in [0.5, 0.6) is 5.75 Å². The average molecular weight is 293 g/mol. The Bertz CT molecular complexity index is 329. The maximum Gasteiger partial charge on any atom is 0.387 e. The van der Waals surface area contributed by atoms with Crippen LogP contribution in [0.2, 0.25) is 0 Å². The zero-order valence-electron chi connectivity index (χ0n) is 9.18. The van der Waals surface area contributed by atoms with Crippen LogP contribution in [0, 0.1) is 0 Å². The number of aryl methyl sites for hydroxylation is 1. The van der Waals surface area contributed by atoms with Gasteiger partial charge >= 0.3 is 6.61 Å². The Balaban J connectivity index is 2.91. The molecule has 0 radical (unpaired) electrons. The number of halogens is 3. The van der Waals surface area contributed by atoms with Crippen molar-refractivity contribution in [1.29, 1.82) is 0 Å². The van der Waals surface area contributed by atoms with Gasteiger partial charge in [0.2, 0.25) is 0 Å². The summed E-state index contributed by atoms with van der Waals surface area (Å²) in [5.41, 5.74) is 1.99. The van der Waals surface area contributed by atoms with E-state index in [4.69, 9.17) is 0 Å². The highest BCUT2D eigenvalue weighted by Crippen LogP contribution is 2.25. The van der Waals surface area contributed by atoms with Gasteiger partial charge in [0.05, 0.1) is 0 Å². The van der Waals surface area contributed by atoms with E-state index in [2.05, 4.69) is 20.7 Å². The zero-order valence-corrected chi connectivity index (χ0v) is 10.8. The fourth-order valence-electron chi connectivity index (χ4n) is 1.71. The molecule has 1 aromatic rings. The van der Waals surface area contributed by atoms with Gasteiger partial charge in [-0.15, -0.1) is 0 Å². The molecule has 16 heavy (non-hydrogen) atoms. The highest BCUT2D eigenvalue weighted by atomic mass is 79.9. The van der Waals surface area contributed by atoms with Gasteiger partial charge in [0.25, 0.3) is 0 Å². The van der Waals surface area contributed by atoms with Crippen molar-refractivity contribution in [2.24, 2.45) is 0 Å². The highest BCUT2D eigenvalue weighted by molar-refractivity contribution is 9.09. The third kappa shape index (κ3) is 3.74. The second kappa shape index (κ2) is 6.84. The molecule has 0 amide bonds. The minimum absolute atomic E-state index is 0.310. The lowest BCUT2D eigenvalue weighted by molar-refractivity contribution is -0.0504. The van der Waals surface area contributed by atoms with E-state index in [0.29, 0.717) is 12.2 Å². The van der Waals surface area contributed by atoms with Crippen LogP contribution in [0.15, 0.2) is 18.2 Å². The van der Waals surface area contributed by atoms with Crippen LogP contribution in [-0.2, 0) is 12.8 Å². The quantitative estimate of drug-likeness (QED) is 0.715. The molecule has 0 fully saturated rings. The van der Waals surface area contributed by atoms with Crippen LogP contribution in [0.1, 0.15) is 24.5 Å². The van der Waals surface area contributed by atoms with Crippen LogP contribution in [0.25, 0.3) is 0 Å². The maximum absolute atomic E-state index is 12.2. The Morgan fingerprint density at radius 2 is 2.12 bits per heavy atom. The summed E-state index contributed by atoms with van der Waals surface area (Å²) in [7, 11) is 0. The molecule has 1 aromatic carbocycles. The predicted octanol–water partition coefficient (Wildman–Crippen LogP) is 4.18. The molecule has 1 rings (SSSR count). The topological polar surface area (TPSA) is 9.23 Å². The maximum atomic E-state index is 12.2. The minimum atomic E-state index is -2.75. The molecule has 0 aliphatic carbocycles. The fraction of sp³-hybridized carbons (Fsp3) is 0.500. The largest absolute Gasteiger partial charge is 0.435 e. The third-order valence-corrected chi connectivity index (χ3v) is 2.94. The second-order valence-electron chi connectivity index (χ2n) is 3.42. The molecule has 0 spiro atoms. The normalized spacial score (nSPS) is 10.8. The van der Waals surface area contributed by atoms with Crippen molar-refractivity contribution in [3.8, 4) is 5.75 Å². The van der Waals surface area contributed by atoms with Gasteiger partial charge in [-0.05, 0) is 36.5 Å². The van der Waals surface area contributed by atoms with Crippen LogP contribution in [-0.4, -0.2) is 11.9 Å². The Kier molecular flexibility index (Phi) is 5.74. The van der Waals surface area contributed by atoms with Gasteiger partial charge in [-0.25, -0.2) is 0 Å². The van der Waals surface area contributed by atoms with Crippen LogP contribution < -0.4 is 4.74 Å². The first-order valence-corrected chi connectivity index (χ1v) is 6.42. The molecule has 0 N–H and O–H groups in total. The van der Waals surface area contributed by atoms with Gasteiger partial charge in [-0.1, -0.05) is 35.0 Å². The van der Waals surface area contributed by atoms with Crippen molar-refractivity contribution in [1.82, 2.24) is 0 Å². The smallest absolute Gasteiger partial charge is 0.387 e. The van der Waals surface area contributed by atoms with E-state index >= 15 is 0 Å². The van der Waals surface area contributed by atoms with Gasteiger partial charge < -0.3 is 4.74 Å². The summed E-state index contributed by atoms with van der Waals surface area (Å²) in [6.45, 7) is -0.803. The van der Waals surface area contributed by atoms with Crippen molar-refractivity contribution in [2.75, 3.05) is 5.33 Å². The molecule has 0 aliphatic heterocycles. The standard InChI is InChI=1S/C12H15BrF2O/c1-2-10-9(6-4-8-13)5-3-7-11(10)16-12(14)15/h3,5,7,12H,2,4,6,8H2,1H3. The average Bonchev–Trinajstić information content (AvgIpc) is 2.25. The molecule has 1 nitrogen and oxygen atoms in total. The molecule has 90 valence electrons. The van der Waals surface area contributed by atoms with E-state index in [0.717, 1.165) is 29.3 Å². The lowest BCUT2D eigenvalue weighted by atomic mass is 10.0. The van der Waals surface area contributed by atoms with Crippen LogP contribution in [0.4, 0.5) is 8.78 Å². The molecule has 0 bridgehead atoms. The van der Waals surface area contributed by atoms with Gasteiger partial charge in [0.1, 0.15) is 5.75 Å². The SMILES string of the molecule is CCc1c(CCCBr)cccc1OC(F)F. The molecule has 0 aromatic heterocycles. The first-order valence-electron chi connectivity index (χ1n) is 5.30. The molecule has 0 heterocycles. The summed E-state index contributed by atoms with van der Waals surface area (Å²) >= 11 is 3.36. The summed E-state index contributed by atoms with van der Waals surface area (Å²) in [5, 5.41) is 0.913. The van der Waals surface area contributed by atoms with E-state index in [-0.39, 0.29) is 0 Å². The van der Waals surface area contributed by atoms with E-state index in [1.807, 2.05) is 13.0 Å². The Labute approximate surface area is 103 Å². The second-order valence-corrected chi connectivity index (χ2v) is 4.21. The van der Waals surface area contributed by atoms with Crippen molar-refractivity contribution < 1.29 is 13.5 Å². The predicted molar refractivity (Wildman–Crippen MR) is 64.6 cm³/mol. The summed E-state index contributed by atoms with van der Waals surface area (Å²) in [4.78, 5) is 0. The third-order valence-electron chi connectivity index (χ3n) is 2.38. The van der Waals surface area contributed by atoms with Gasteiger partial charge in [-0.2, -0.15) is 8.78 Å². The minimum Gasteiger partial charge on any atom is -0.435 e. The molecule has 0 atom stereocenters. The zero-order chi connectivity index (χ0) is 12.0. The molecule has 0 saturated heterocycles. The molecular weight excluding hydrogens is 278 g/mol. The van der Waals surface area contributed by atoms with Gasteiger partial charge in [-0.3, -0.25) is 0 Å². The van der Waals surface area contributed by atoms with E-state index in [9.17, 15) is 8.78 Å². The van der Waals surface area contributed by atoms with Gasteiger partial charge in [0, 0.05) is 5.33 Å². The molecule has 0 saturated carbocycles. The summed E-state index contributed by atoms with van der Waals surface area (Å²) in [6, 6.07) is 5.34. The van der Waals surface area contributed by atoms with E-state index in [1.165, 1.54) is 0 Å². The summed E-state index contributed by atoms with van der Waals surface area (Å²) < 4.78 is 28.9. The number of hydrogen-bond acceptors (Lipinski definition) is 1. The highest BCUT2D eigenvalue weighted by Gasteiger charge is 2.11. The molecule has 0 unspecified atom stereocenters. The summed E-state index contributed by atoms with van der Waals surface area (Å²) in [5.74, 6) is 0.310. The number of ether oxygens (including phenoxy) is 1. The lowest BCUT2D eigenvalue weighted by Gasteiger charge is -2.13. The van der Waals surface area contributed by atoms with Crippen molar-refractivity contribution in [3.63, 3.8) is 0 Å². The van der Waals surface area contributed by atoms with Crippen molar-refractivity contribution in [2.45, 2.75) is 32.8 Å². The Morgan fingerprint density at radius 1 is 1.38 bits per heavy atom.